The van der Waals surface area contributed by atoms with E-state index in [0.29, 0.717) is 0 Å². The highest BCUT2D eigenvalue weighted by molar-refractivity contribution is 5.65. The molecular weight excluding hydrogens is 180 g/mol. The fraction of sp³-hybridized carbons (Fsp3) is 0.222. The van der Waals surface area contributed by atoms with Gasteiger partial charge in [0.25, 0.3) is 0 Å². The van der Waals surface area contributed by atoms with Gasteiger partial charge in [0.1, 0.15) is 11.4 Å². The maximum absolute atomic E-state index is 5.13. The molecule has 70 valence electrons. The number of nitrogens with one attached hydrogen (secondary N) is 1. The Morgan fingerprint density at radius 1 is 1.36 bits per heavy atom. The predicted molar refractivity (Wildman–Crippen MR) is 49.7 cm³/mol. The van der Waals surface area contributed by atoms with Gasteiger partial charge in [-0.05, 0) is 6.42 Å². The summed E-state index contributed by atoms with van der Waals surface area (Å²) in [4.78, 5) is 8.19. The van der Waals surface area contributed by atoms with Gasteiger partial charge in [-0.15, -0.1) is 0 Å². The molecule has 3 heterocycles. The summed E-state index contributed by atoms with van der Waals surface area (Å²) in [7, 11) is 0. The normalized spacial score (nSPS) is 13.7. The second kappa shape index (κ2) is 2.80. The number of fused-ring (bicyclic) bond motifs is 1. The molecule has 1 aliphatic heterocycles. The highest BCUT2D eigenvalue weighted by Crippen LogP contribution is 2.30. The van der Waals surface area contributed by atoms with Crippen LogP contribution >= 0.6 is 0 Å². The van der Waals surface area contributed by atoms with Gasteiger partial charge in [-0.2, -0.15) is 0 Å². The van der Waals surface area contributed by atoms with Gasteiger partial charge in [0, 0.05) is 24.5 Å². The minimum Gasteiger partial charge on any atom is -0.353 e. The van der Waals surface area contributed by atoms with Crippen molar-refractivity contribution in [1.29, 1.82) is 0 Å². The van der Waals surface area contributed by atoms with Crippen LogP contribution in [0.1, 0.15) is 5.56 Å². The molecular formula is C9H8N4O. The third-order valence-electron chi connectivity index (χ3n) is 2.25. The average molecular weight is 188 g/mol. The van der Waals surface area contributed by atoms with Crippen LogP contribution in [0.4, 0.5) is 5.88 Å². The van der Waals surface area contributed by atoms with Gasteiger partial charge in [-0.1, -0.05) is 5.16 Å². The fourth-order valence-electron chi connectivity index (χ4n) is 1.60. The van der Waals surface area contributed by atoms with Crippen molar-refractivity contribution < 1.29 is 4.52 Å². The van der Waals surface area contributed by atoms with Gasteiger partial charge in [-0.25, -0.2) is 0 Å². The quantitative estimate of drug-likeness (QED) is 0.726. The molecule has 3 rings (SSSR count). The number of aromatic nitrogens is 3. The summed E-state index contributed by atoms with van der Waals surface area (Å²) in [5, 5.41) is 7.08. The van der Waals surface area contributed by atoms with Crippen molar-refractivity contribution in [2.24, 2.45) is 0 Å². The summed E-state index contributed by atoms with van der Waals surface area (Å²) in [6.45, 7) is 0.907. The molecule has 5 heteroatoms. The van der Waals surface area contributed by atoms with Crippen LogP contribution < -0.4 is 5.32 Å². The number of hydrogen-bond acceptors (Lipinski definition) is 5. The Bertz CT molecular complexity index is 451. The molecule has 0 aliphatic carbocycles. The van der Waals surface area contributed by atoms with Gasteiger partial charge in [0.2, 0.25) is 5.88 Å². The van der Waals surface area contributed by atoms with E-state index in [1.807, 2.05) is 0 Å². The Labute approximate surface area is 80.2 Å². The largest absolute Gasteiger partial charge is 0.353 e. The van der Waals surface area contributed by atoms with E-state index in [1.54, 1.807) is 18.6 Å². The minimum atomic E-state index is 0.765. The molecule has 14 heavy (non-hydrogen) atoms. The summed E-state index contributed by atoms with van der Waals surface area (Å²) < 4.78 is 5.13. The molecule has 0 atom stereocenters. The van der Waals surface area contributed by atoms with E-state index in [0.717, 1.165) is 35.8 Å². The van der Waals surface area contributed by atoms with E-state index in [-0.39, 0.29) is 0 Å². The van der Waals surface area contributed by atoms with Crippen molar-refractivity contribution >= 4 is 5.88 Å². The van der Waals surface area contributed by atoms with Crippen LogP contribution in [-0.4, -0.2) is 21.7 Å². The van der Waals surface area contributed by atoms with Crippen molar-refractivity contribution in [2.75, 3.05) is 11.9 Å². The lowest BCUT2D eigenvalue weighted by Gasteiger charge is -1.94. The maximum atomic E-state index is 5.13. The van der Waals surface area contributed by atoms with Crippen molar-refractivity contribution in [3.8, 4) is 11.4 Å². The topological polar surface area (TPSA) is 63.8 Å². The maximum Gasteiger partial charge on any atom is 0.228 e. The molecule has 1 N–H and O–H groups in total. The molecule has 5 nitrogen and oxygen atoms in total. The minimum absolute atomic E-state index is 0.765. The molecule has 2 aromatic heterocycles. The fourth-order valence-corrected chi connectivity index (χ4v) is 1.60. The lowest BCUT2D eigenvalue weighted by Crippen LogP contribution is -1.93. The Morgan fingerprint density at radius 3 is 3.21 bits per heavy atom. The number of rotatable bonds is 1. The van der Waals surface area contributed by atoms with Crippen LogP contribution in [0.25, 0.3) is 11.4 Å². The predicted octanol–water partition coefficient (Wildman–Crippen LogP) is 1.10. The lowest BCUT2D eigenvalue weighted by molar-refractivity contribution is 0.436. The van der Waals surface area contributed by atoms with Gasteiger partial charge in [0.15, 0.2) is 0 Å². The smallest absolute Gasteiger partial charge is 0.228 e. The van der Waals surface area contributed by atoms with E-state index >= 15 is 0 Å². The molecule has 2 aromatic rings. The Hall–Kier alpha value is -1.91. The lowest BCUT2D eigenvalue weighted by atomic mass is 10.1. The molecule has 0 fully saturated rings. The van der Waals surface area contributed by atoms with E-state index in [9.17, 15) is 0 Å². The molecule has 0 spiro atoms. The van der Waals surface area contributed by atoms with E-state index in [4.69, 9.17) is 4.52 Å². The summed E-state index contributed by atoms with van der Waals surface area (Å²) in [5.41, 5.74) is 2.67. The zero-order chi connectivity index (χ0) is 9.38. The molecule has 0 unspecified atom stereocenters. The SMILES string of the molecule is c1cnc(-c2noc3c2CCN3)cn1. The zero-order valence-electron chi connectivity index (χ0n) is 7.40. The molecule has 0 saturated carbocycles. The molecule has 0 radical (unpaired) electrons. The van der Waals surface area contributed by atoms with E-state index in [1.165, 1.54) is 0 Å². The Morgan fingerprint density at radius 2 is 2.36 bits per heavy atom. The molecule has 0 amide bonds. The zero-order valence-corrected chi connectivity index (χ0v) is 7.40. The molecule has 0 bridgehead atoms. The number of nitrogens with zero attached hydrogens (tertiary/aromatic N) is 3. The summed E-state index contributed by atoms with van der Waals surface area (Å²) >= 11 is 0. The van der Waals surface area contributed by atoms with E-state index < -0.39 is 0 Å². The van der Waals surface area contributed by atoms with E-state index in [2.05, 4.69) is 20.4 Å². The third kappa shape index (κ3) is 0.985. The molecule has 0 saturated heterocycles. The number of anilines is 1. The van der Waals surface area contributed by atoms with Crippen molar-refractivity contribution in [3.05, 3.63) is 24.2 Å². The summed E-state index contributed by atoms with van der Waals surface area (Å²) in [6, 6.07) is 0. The second-order valence-electron chi connectivity index (χ2n) is 3.11. The van der Waals surface area contributed by atoms with Gasteiger partial charge < -0.3 is 9.84 Å². The first-order valence-electron chi connectivity index (χ1n) is 4.44. The Balaban J connectivity index is 2.13. The molecule has 1 aliphatic rings. The van der Waals surface area contributed by atoms with Crippen LogP contribution in [-0.2, 0) is 6.42 Å². The van der Waals surface area contributed by atoms with Gasteiger partial charge in [-0.3, -0.25) is 9.97 Å². The van der Waals surface area contributed by atoms with Crippen LogP contribution in [0.2, 0.25) is 0 Å². The summed E-state index contributed by atoms with van der Waals surface area (Å²) in [5.74, 6) is 0.769. The number of hydrogen-bond donors (Lipinski definition) is 1. The second-order valence-corrected chi connectivity index (χ2v) is 3.11. The van der Waals surface area contributed by atoms with Crippen LogP contribution in [0, 0.1) is 0 Å². The highest BCUT2D eigenvalue weighted by atomic mass is 16.5. The molecule has 0 aromatic carbocycles. The van der Waals surface area contributed by atoms with Crippen LogP contribution in [0.5, 0.6) is 0 Å². The van der Waals surface area contributed by atoms with Crippen LogP contribution in [0.15, 0.2) is 23.1 Å². The first kappa shape index (κ1) is 7.49. The first-order valence-corrected chi connectivity index (χ1v) is 4.44. The first-order chi connectivity index (χ1) is 6.95. The van der Waals surface area contributed by atoms with Crippen molar-refractivity contribution in [3.63, 3.8) is 0 Å². The third-order valence-corrected chi connectivity index (χ3v) is 2.25. The Kier molecular flexibility index (Phi) is 1.50. The van der Waals surface area contributed by atoms with Crippen molar-refractivity contribution in [2.45, 2.75) is 6.42 Å². The highest BCUT2D eigenvalue weighted by Gasteiger charge is 2.22. The van der Waals surface area contributed by atoms with Crippen LogP contribution in [0.3, 0.4) is 0 Å². The van der Waals surface area contributed by atoms with Gasteiger partial charge in [0.05, 0.1) is 6.20 Å². The monoisotopic (exact) mass is 188 g/mol. The van der Waals surface area contributed by atoms with Crippen molar-refractivity contribution in [1.82, 2.24) is 15.1 Å². The standard InChI is InChI=1S/C9H8N4O/c1-2-12-9-6(1)8(13-14-9)7-5-10-3-4-11-7/h3-5,12H,1-2H2. The average Bonchev–Trinajstić information content (AvgIpc) is 2.79. The summed E-state index contributed by atoms with van der Waals surface area (Å²) in [6.07, 6.45) is 5.92. The van der Waals surface area contributed by atoms with Gasteiger partial charge >= 0.3 is 0 Å².